The zero-order valence-electron chi connectivity index (χ0n) is 4.23. The second-order valence-electron chi connectivity index (χ2n) is 1.14. The van der Waals surface area contributed by atoms with Crippen LogP contribution in [0.3, 0.4) is 0 Å². The summed E-state index contributed by atoms with van der Waals surface area (Å²) in [6.45, 7) is 1.60. The summed E-state index contributed by atoms with van der Waals surface area (Å²) in [4.78, 5) is 0. The molecule has 1 rings (SSSR count). The van der Waals surface area contributed by atoms with Gasteiger partial charge < -0.3 is 0 Å². The molecule has 6 heteroatoms. The summed E-state index contributed by atoms with van der Waals surface area (Å²) >= 11 is 2.98. The maximum atomic E-state index is 3.02. The van der Waals surface area contributed by atoms with Crippen molar-refractivity contribution in [3.8, 4) is 0 Å². The van der Waals surface area contributed by atoms with E-state index in [1.165, 1.54) is 24.3 Å². The van der Waals surface area contributed by atoms with Crippen LogP contribution in [-0.2, 0) is 0 Å². The monoisotopic (exact) mass is 152 g/mol. The molecule has 8 heavy (non-hydrogen) atoms. The Kier molecular flexibility index (Phi) is 3.68. The van der Waals surface area contributed by atoms with E-state index in [9.17, 15) is 0 Å². The maximum absolute atomic E-state index is 3.02. The predicted molar refractivity (Wildman–Crippen MR) is 37.5 cm³/mol. The third kappa shape index (κ3) is 2.75. The van der Waals surface area contributed by atoms with Gasteiger partial charge in [-0.15, -0.1) is 0 Å². The lowest BCUT2D eigenvalue weighted by Crippen LogP contribution is -2.32. The summed E-state index contributed by atoms with van der Waals surface area (Å²) < 4.78 is 12.1. The molecular formula is C2H8N4S2. The third-order valence-corrected chi connectivity index (χ3v) is 1.73. The quantitative estimate of drug-likeness (QED) is 0.348. The van der Waals surface area contributed by atoms with Crippen LogP contribution in [0.5, 0.6) is 0 Å². The lowest BCUT2D eigenvalue weighted by molar-refractivity contribution is 0.835. The minimum absolute atomic E-state index is 0.801. The molecule has 4 N–H and O–H groups in total. The highest BCUT2D eigenvalue weighted by Crippen LogP contribution is 1.88. The van der Waals surface area contributed by atoms with Gasteiger partial charge in [0, 0.05) is 24.3 Å². The first-order chi connectivity index (χ1) is 4.00. The average molecular weight is 152 g/mol. The first-order valence-corrected chi connectivity index (χ1v) is 3.86. The molecule has 0 aromatic heterocycles. The Hall–Kier alpha value is 0.540. The second kappa shape index (κ2) is 4.42. The van der Waals surface area contributed by atoms with Crippen LogP contribution < -0.4 is 18.9 Å². The highest BCUT2D eigenvalue weighted by molar-refractivity contribution is 7.96. The van der Waals surface area contributed by atoms with Crippen LogP contribution in [-0.4, -0.2) is 13.3 Å². The molecule has 0 aromatic carbocycles. The number of rotatable bonds is 0. The van der Waals surface area contributed by atoms with Gasteiger partial charge in [-0.2, -0.15) is 0 Å². The van der Waals surface area contributed by atoms with Gasteiger partial charge >= 0.3 is 0 Å². The van der Waals surface area contributed by atoms with E-state index in [4.69, 9.17) is 0 Å². The van der Waals surface area contributed by atoms with Crippen LogP contribution in [0.15, 0.2) is 0 Å². The molecule has 1 aliphatic rings. The van der Waals surface area contributed by atoms with E-state index in [-0.39, 0.29) is 0 Å². The van der Waals surface area contributed by atoms with Crippen LogP contribution in [0, 0.1) is 0 Å². The summed E-state index contributed by atoms with van der Waals surface area (Å²) in [5.41, 5.74) is 0. The summed E-state index contributed by atoms with van der Waals surface area (Å²) in [6.07, 6.45) is 0. The van der Waals surface area contributed by atoms with Crippen molar-refractivity contribution in [1.29, 1.82) is 0 Å². The van der Waals surface area contributed by atoms with Crippen molar-refractivity contribution in [1.82, 2.24) is 18.9 Å². The number of nitrogens with one attached hydrogen (secondary N) is 4. The number of hydrogen-bond donors (Lipinski definition) is 4. The molecule has 1 saturated heterocycles. The van der Waals surface area contributed by atoms with Gasteiger partial charge in [0.05, 0.1) is 13.3 Å². The predicted octanol–water partition coefficient (Wildman–Crippen LogP) is -0.600. The lowest BCUT2D eigenvalue weighted by Gasteiger charge is -2.10. The van der Waals surface area contributed by atoms with E-state index in [1.54, 1.807) is 0 Å². The molecular weight excluding hydrogens is 144 g/mol. The maximum Gasteiger partial charge on any atom is 0.0671 e. The van der Waals surface area contributed by atoms with Crippen LogP contribution in [0.2, 0.25) is 0 Å². The lowest BCUT2D eigenvalue weighted by atomic mass is 11.3. The van der Waals surface area contributed by atoms with Crippen LogP contribution in [0.1, 0.15) is 0 Å². The van der Waals surface area contributed by atoms with Gasteiger partial charge in [0.2, 0.25) is 0 Å². The zero-order chi connectivity index (χ0) is 5.66. The van der Waals surface area contributed by atoms with Gasteiger partial charge in [-0.05, 0) is 0 Å². The summed E-state index contributed by atoms with van der Waals surface area (Å²) in [6, 6.07) is 0. The Labute approximate surface area is 57.1 Å². The molecule has 1 heterocycles. The molecule has 0 aliphatic carbocycles. The van der Waals surface area contributed by atoms with E-state index in [0.29, 0.717) is 0 Å². The van der Waals surface area contributed by atoms with E-state index in [0.717, 1.165) is 13.3 Å². The standard InChI is InChI=1S/C2H8N4S2/c1-3-7-5-2-6-8-4-1/h3-6H,1-2H2. The van der Waals surface area contributed by atoms with Crippen molar-refractivity contribution in [2.24, 2.45) is 0 Å². The van der Waals surface area contributed by atoms with E-state index >= 15 is 0 Å². The second-order valence-corrected chi connectivity index (χ2v) is 2.70. The van der Waals surface area contributed by atoms with E-state index in [2.05, 4.69) is 18.9 Å². The molecule has 1 fully saturated rings. The van der Waals surface area contributed by atoms with Gasteiger partial charge in [-0.1, -0.05) is 0 Å². The Morgan fingerprint density at radius 2 is 1.12 bits per heavy atom. The summed E-state index contributed by atoms with van der Waals surface area (Å²) in [7, 11) is 0. The molecule has 0 saturated carbocycles. The van der Waals surface area contributed by atoms with Crippen molar-refractivity contribution in [2.75, 3.05) is 13.3 Å². The molecule has 0 atom stereocenters. The largest absolute Gasteiger partial charge is 0.236 e. The van der Waals surface area contributed by atoms with E-state index in [1.807, 2.05) is 0 Å². The first-order valence-electron chi connectivity index (χ1n) is 2.23. The molecule has 0 unspecified atom stereocenters. The van der Waals surface area contributed by atoms with Crippen LogP contribution in [0.4, 0.5) is 0 Å². The zero-order valence-corrected chi connectivity index (χ0v) is 5.86. The Bertz CT molecular complexity index is 36.0. The normalized spacial score (nSPS) is 24.0. The Morgan fingerprint density at radius 1 is 0.750 bits per heavy atom. The van der Waals surface area contributed by atoms with Gasteiger partial charge in [0.1, 0.15) is 0 Å². The minimum atomic E-state index is 0.801. The van der Waals surface area contributed by atoms with Crippen molar-refractivity contribution >= 4 is 24.3 Å². The third-order valence-electron chi connectivity index (χ3n) is 0.577. The highest BCUT2D eigenvalue weighted by Gasteiger charge is 1.91. The molecule has 0 radical (unpaired) electrons. The fourth-order valence-corrected chi connectivity index (χ4v) is 1.27. The SMILES string of the molecule is C1NSNCNSN1. The molecule has 1 aliphatic heterocycles. The van der Waals surface area contributed by atoms with Gasteiger partial charge in [0.15, 0.2) is 0 Å². The average Bonchev–Trinajstić information content (AvgIpc) is 1.62. The van der Waals surface area contributed by atoms with Crippen LogP contribution >= 0.6 is 24.3 Å². The fraction of sp³-hybridized carbons (Fsp3) is 1.00. The van der Waals surface area contributed by atoms with Gasteiger partial charge in [0.25, 0.3) is 0 Å². The molecule has 4 nitrogen and oxygen atoms in total. The Morgan fingerprint density at radius 3 is 1.50 bits per heavy atom. The number of hydrogen-bond acceptors (Lipinski definition) is 6. The minimum Gasteiger partial charge on any atom is -0.236 e. The summed E-state index contributed by atoms with van der Waals surface area (Å²) in [5.74, 6) is 0. The van der Waals surface area contributed by atoms with E-state index < -0.39 is 0 Å². The topological polar surface area (TPSA) is 48.1 Å². The van der Waals surface area contributed by atoms with Crippen molar-refractivity contribution < 1.29 is 0 Å². The Balaban J connectivity index is 2.00. The molecule has 0 spiro atoms. The summed E-state index contributed by atoms with van der Waals surface area (Å²) in [5, 5.41) is 0. The molecule has 0 bridgehead atoms. The van der Waals surface area contributed by atoms with Gasteiger partial charge in [-0.3, -0.25) is 0 Å². The van der Waals surface area contributed by atoms with Crippen molar-refractivity contribution in [3.63, 3.8) is 0 Å². The highest BCUT2D eigenvalue weighted by atomic mass is 32.2. The molecule has 0 amide bonds. The van der Waals surface area contributed by atoms with Crippen molar-refractivity contribution in [2.45, 2.75) is 0 Å². The fourth-order valence-electron chi connectivity index (χ4n) is 0.305. The van der Waals surface area contributed by atoms with Crippen molar-refractivity contribution in [3.05, 3.63) is 0 Å². The smallest absolute Gasteiger partial charge is 0.0671 e. The van der Waals surface area contributed by atoms with Crippen LogP contribution in [0.25, 0.3) is 0 Å². The van der Waals surface area contributed by atoms with Gasteiger partial charge in [-0.25, -0.2) is 18.9 Å². The molecule has 48 valence electrons. The first kappa shape index (κ1) is 6.66. The molecule has 0 aromatic rings.